The fourth-order valence-electron chi connectivity index (χ4n) is 2.25. The van der Waals surface area contributed by atoms with Gasteiger partial charge in [0, 0.05) is 11.8 Å². The van der Waals surface area contributed by atoms with Gasteiger partial charge in [0.2, 0.25) is 5.91 Å². The van der Waals surface area contributed by atoms with Crippen LogP contribution in [0.25, 0.3) is 0 Å². The molecule has 9 heteroatoms. The molecule has 0 fully saturated rings. The van der Waals surface area contributed by atoms with Crippen LogP contribution >= 0.6 is 23.5 Å². The number of rotatable bonds is 10. The molecule has 0 aliphatic carbocycles. The SMILES string of the molecule is CCCSCc1cc(=O)[nH]c(SCC(=O)Nc2ccccc2C(=O)OCC)n1. The third-order valence-corrected chi connectivity index (χ3v) is 5.48. The van der Waals surface area contributed by atoms with Gasteiger partial charge in [0.1, 0.15) is 0 Å². The second-order valence-electron chi connectivity index (χ2n) is 5.70. The molecule has 0 bridgehead atoms. The monoisotopic (exact) mass is 421 g/mol. The smallest absolute Gasteiger partial charge is 0.340 e. The first-order chi connectivity index (χ1) is 13.5. The minimum absolute atomic E-state index is 0.0473. The van der Waals surface area contributed by atoms with Crippen LogP contribution in [0.3, 0.4) is 0 Å². The van der Waals surface area contributed by atoms with Gasteiger partial charge in [0.15, 0.2) is 5.16 Å². The number of aromatic amines is 1. The van der Waals surface area contributed by atoms with Crippen molar-refractivity contribution < 1.29 is 14.3 Å². The number of H-pyrrole nitrogens is 1. The molecule has 1 aromatic carbocycles. The van der Waals surface area contributed by atoms with Crippen LogP contribution in [0.4, 0.5) is 5.69 Å². The average Bonchev–Trinajstić information content (AvgIpc) is 2.67. The molecule has 2 rings (SSSR count). The summed E-state index contributed by atoms with van der Waals surface area (Å²) in [5.41, 5.74) is 1.14. The number of amides is 1. The Kier molecular flexibility index (Phi) is 9.09. The van der Waals surface area contributed by atoms with Crippen LogP contribution in [0.15, 0.2) is 40.3 Å². The first-order valence-electron chi connectivity index (χ1n) is 8.90. The Balaban J connectivity index is 1.98. The Morgan fingerprint density at radius 1 is 1.25 bits per heavy atom. The zero-order valence-corrected chi connectivity index (χ0v) is 17.5. The number of benzene rings is 1. The molecule has 1 heterocycles. The Morgan fingerprint density at radius 3 is 2.79 bits per heavy atom. The van der Waals surface area contributed by atoms with Gasteiger partial charge >= 0.3 is 5.97 Å². The second kappa shape index (κ2) is 11.6. The average molecular weight is 422 g/mol. The molecule has 0 saturated carbocycles. The summed E-state index contributed by atoms with van der Waals surface area (Å²) in [6.07, 6.45) is 1.06. The standard InChI is InChI=1S/C19H23N3O4S2/c1-3-9-27-11-13-10-16(23)22-19(20-13)28-12-17(24)21-15-8-6-5-7-14(15)18(25)26-4-2/h5-8,10H,3-4,9,11-12H2,1-2H3,(H,21,24)(H,20,22,23). The van der Waals surface area contributed by atoms with E-state index in [1.54, 1.807) is 43.0 Å². The number of para-hydroxylation sites is 1. The summed E-state index contributed by atoms with van der Waals surface area (Å²) in [5, 5.41) is 3.10. The predicted octanol–water partition coefficient (Wildman–Crippen LogP) is 3.32. The summed E-state index contributed by atoms with van der Waals surface area (Å²) in [6, 6.07) is 8.13. The predicted molar refractivity (Wildman–Crippen MR) is 113 cm³/mol. The molecule has 0 aliphatic heterocycles. The number of ether oxygens (including phenoxy) is 1. The molecule has 150 valence electrons. The van der Waals surface area contributed by atoms with Crippen molar-refractivity contribution in [2.24, 2.45) is 0 Å². The number of nitrogens with zero attached hydrogens (tertiary/aromatic N) is 1. The number of hydrogen-bond acceptors (Lipinski definition) is 7. The summed E-state index contributed by atoms with van der Waals surface area (Å²) in [5.74, 6) is 0.902. The van der Waals surface area contributed by atoms with Gasteiger partial charge < -0.3 is 15.0 Å². The van der Waals surface area contributed by atoms with Crippen molar-refractivity contribution in [3.05, 3.63) is 51.9 Å². The fourth-order valence-corrected chi connectivity index (χ4v) is 3.73. The van der Waals surface area contributed by atoms with Gasteiger partial charge in [-0.2, -0.15) is 11.8 Å². The van der Waals surface area contributed by atoms with Crippen molar-refractivity contribution >= 4 is 41.1 Å². The van der Waals surface area contributed by atoms with E-state index in [0.29, 0.717) is 27.9 Å². The lowest BCUT2D eigenvalue weighted by Gasteiger charge is -2.10. The first kappa shape index (κ1) is 22.0. The highest BCUT2D eigenvalue weighted by Crippen LogP contribution is 2.18. The molecule has 28 heavy (non-hydrogen) atoms. The van der Waals surface area contributed by atoms with Crippen LogP contribution in [0.2, 0.25) is 0 Å². The van der Waals surface area contributed by atoms with E-state index in [0.717, 1.165) is 23.9 Å². The lowest BCUT2D eigenvalue weighted by molar-refractivity contribution is -0.113. The van der Waals surface area contributed by atoms with Crippen molar-refractivity contribution in [1.82, 2.24) is 9.97 Å². The van der Waals surface area contributed by atoms with Gasteiger partial charge in [-0.15, -0.1) is 0 Å². The highest BCUT2D eigenvalue weighted by atomic mass is 32.2. The topological polar surface area (TPSA) is 101 Å². The number of hydrogen-bond donors (Lipinski definition) is 2. The third kappa shape index (κ3) is 7.05. The number of thioether (sulfide) groups is 2. The van der Waals surface area contributed by atoms with E-state index < -0.39 is 5.97 Å². The van der Waals surface area contributed by atoms with Crippen molar-refractivity contribution in [2.75, 3.05) is 23.4 Å². The molecular weight excluding hydrogens is 398 g/mol. The number of anilines is 1. The lowest BCUT2D eigenvalue weighted by Crippen LogP contribution is -2.18. The Morgan fingerprint density at radius 2 is 2.04 bits per heavy atom. The highest BCUT2D eigenvalue weighted by Gasteiger charge is 2.14. The van der Waals surface area contributed by atoms with Gasteiger partial charge in [-0.3, -0.25) is 9.59 Å². The molecule has 7 nitrogen and oxygen atoms in total. The quantitative estimate of drug-likeness (QED) is 0.263. The number of carbonyl (C=O) groups is 2. The molecule has 0 spiro atoms. The molecule has 0 radical (unpaired) electrons. The van der Waals surface area contributed by atoms with Gasteiger partial charge in [0.05, 0.1) is 29.3 Å². The highest BCUT2D eigenvalue weighted by molar-refractivity contribution is 7.99. The van der Waals surface area contributed by atoms with Crippen LogP contribution < -0.4 is 10.9 Å². The minimum atomic E-state index is -0.491. The van der Waals surface area contributed by atoms with Crippen LogP contribution in [-0.2, 0) is 15.3 Å². The van der Waals surface area contributed by atoms with Gasteiger partial charge in [-0.25, -0.2) is 9.78 Å². The van der Waals surface area contributed by atoms with Crippen LogP contribution in [-0.4, -0.2) is 40.0 Å². The zero-order chi connectivity index (χ0) is 20.4. The molecule has 1 aromatic heterocycles. The number of carbonyl (C=O) groups excluding carboxylic acids is 2. The molecule has 2 N–H and O–H groups in total. The number of esters is 1. The molecule has 0 aliphatic rings. The largest absolute Gasteiger partial charge is 0.462 e. The van der Waals surface area contributed by atoms with Crippen LogP contribution in [0, 0.1) is 0 Å². The van der Waals surface area contributed by atoms with Crippen molar-refractivity contribution in [2.45, 2.75) is 31.2 Å². The van der Waals surface area contributed by atoms with Crippen LogP contribution in [0.1, 0.15) is 36.3 Å². The number of nitrogens with one attached hydrogen (secondary N) is 2. The van der Waals surface area contributed by atoms with E-state index in [4.69, 9.17) is 4.74 Å². The molecule has 0 unspecified atom stereocenters. The van der Waals surface area contributed by atoms with Crippen LogP contribution in [0.5, 0.6) is 0 Å². The van der Waals surface area contributed by atoms with Crippen molar-refractivity contribution in [3.63, 3.8) is 0 Å². The van der Waals surface area contributed by atoms with E-state index in [1.165, 1.54) is 6.07 Å². The summed E-state index contributed by atoms with van der Waals surface area (Å²) in [4.78, 5) is 43.1. The normalized spacial score (nSPS) is 10.5. The second-order valence-corrected chi connectivity index (χ2v) is 7.77. The maximum Gasteiger partial charge on any atom is 0.340 e. The van der Waals surface area contributed by atoms with E-state index in [2.05, 4.69) is 22.2 Å². The summed E-state index contributed by atoms with van der Waals surface area (Å²) in [6.45, 7) is 4.07. The zero-order valence-electron chi connectivity index (χ0n) is 15.8. The minimum Gasteiger partial charge on any atom is -0.462 e. The third-order valence-electron chi connectivity index (χ3n) is 3.41. The Bertz CT molecular complexity index is 870. The van der Waals surface area contributed by atoms with Gasteiger partial charge in [-0.1, -0.05) is 30.8 Å². The summed E-state index contributed by atoms with van der Waals surface area (Å²) >= 11 is 2.85. The Labute approximate surface area is 172 Å². The van der Waals surface area contributed by atoms with Crippen molar-refractivity contribution in [3.8, 4) is 0 Å². The van der Waals surface area contributed by atoms with Gasteiger partial charge in [-0.05, 0) is 31.2 Å². The molecule has 2 aromatic rings. The van der Waals surface area contributed by atoms with E-state index in [1.807, 2.05) is 0 Å². The molecule has 0 atom stereocenters. The molecule has 0 saturated heterocycles. The van der Waals surface area contributed by atoms with E-state index in [-0.39, 0.29) is 23.8 Å². The first-order valence-corrected chi connectivity index (χ1v) is 11.0. The number of aromatic nitrogens is 2. The fraction of sp³-hybridized carbons (Fsp3) is 0.368. The maximum absolute atomic E-state index is 12.3. The van der Waals surface area contributed by atoms with E-state index in [9.17, 15) is 14.4 Å². The Hall–Kier alpha value is -2.26. The summed E-state index contributed by atoms with van der Waals surface area (Å²) < 4.78 is 5.00. The van der Waals surface area contributed by atoms with Gasteiger partial charge in [0.25, 0.3) is 5.56 Å². The summed E-state index contributed by atoms with van der Waals surface area (Å²) in [7, 11) is 0. The lowest BCUT2D eigenvalue weighted by atomic mass is 10.2. The van der Waals surface area contributed by atoms with Crippen molar-refractivity contribution in [1.29, 1.82) is 0 Å². The molecular formula is C19H23N3O4S2. The molecule has 1 amide bonds. The maximum atomic E-state index is 12.3. The van der Waals surface area contributed by atoms with E-state index >= 15 is 0 Å².